The van der Waals surface area contributed by atoms with Gasteiger partial charge in [0.25, 0.3) is 0 Å². The summed E-state index contributed by atoms with van der Waals surface area (Å²) >= 11 is 6.11. The first kappa shape index (κ1) is 15.3. The Hall–Kier alpha value is -2.13. The van der Waals surface area contributed by atoms with E-state index in [1.54, 1.807) is 21.3 Å². The summed E-state index contributed by atoms with van der Waals surface area (Å²) in [6, 6.07) is 11.3. The van der Waals surface area contributed by atoms with Gasteiger partial charge in [0, 0.05) is 6.07 Å². The smallest absolute Gasteiger partial charge is 0.137 e. The predicted octanol–water partition coefficient (Wildman–Crippen LogP) is 4.54. The third kappa shape index (κ3) is 3.92. The first-order chi connectivity index (χ1) is 10.2. The van der Waals surface area contributed by atoms with E-state index >= 15 is 0 Å². The fourth-order valence-electron chi connectivity index (χ4n) is 1.90. The SMILES string of the molecule is COc1cc(C=Cc2ccc(OC)c(Cl)c2)cc(OC)c1. The van der Waals surface area contributed by atoms with E-state index < -0.39 is 0 Å². The van der Waals surface area contributed by atoms with Gasteiger partial charge in [-0.25, -0.2) is 0 Å². The molecule has 21 heavy (non-hydrogen) atoms. The third-order valence-electron chi connectivity index (χ3n) is 3.02. The van der Waals surface area contributed by atoms with Crippen molar-refractivity contribution < 1.29 is 14.2 Å². The number of hydrogen-bond acceptors (Lipinski definition) is 3. The van der Waals surface area contributed by atoms with Gasteiger partial charge in [-0.05, 0) is 35.4 Å². The van der Waals surface area contributed by atoms with Gasteiger partial charge >= 0.3 is 0 Å². The monoisotopic (exact) mass is 304 g/mol. The van der Waals surface area contributed by atoms with Gasteiger partial charge in [-0.1, -0.05) is 29.8 Å². The first-order valence-electron chi connectivity index (χ1n) is 6.41. The van der Waals surface area contributed by atoms with Gasteiger partial charge in [-0.3, -0.25) is 0 Å². The number of methoxy groups -OCH3 is 3. The van der Waals surface area contributed by atoms with E-state index in [9.17, 15) is 0 Å². The quantitative estimate of drug-likeness (QED) is 0.759. The molecule has 0 aliphatic heterocycles. The molecule has 0 bridgehead atoms. The number of benzene rings is 2. The number of halogens is 1. The van der Waals surface area contributed by atoms with E-state index in [0.29, 0.717) is 10.8 Å². The molecule has 0 saturated heterocycles. The van der Waals surface area contributed by atoms with Crippen LogP contribution in [0, 0.1) is 0 Å². The van der Waals surface area contributed by atoms with Gasteiger partial charge in [-0.15, -0.1) is 0 Å². The topological polar surface area (TPSA) is 27.7 Å². The fourth-order valence-corrected chi connectivity index (χ4v) is 2.17. The van der Waals surface area contributed by atoms with Gasteiger partial charge < -0.3 is 14.2 Å². The molecule has 0 unspecified atom stereocenters. The number of ether oxygens (including phenoxy) is 3. The normalized spacial score (nSPS) is 10.7. The molecule has 0 fully saturated rings. The Kier molecular flexibility index (Phi) is 5.12. The number of hydrogen-bond donors (Lipinski definition) is 0. The minimum Gasteiger partial charge on any atom is -0.497 e. The Morgan fingerprint density at radius 3 is 1.90 bits per heavy atom. The van der Waals surface area contributed by atoms with E-state index in [2.05, 4.69) is 0 Å². The summed E-state index contributed by atoms with van der Waals surface area (Å²) < 4.78 is 15.6. The second kappa shape index (κ2) is 7.04. The molecule has 0 atom stereocenters. The summed E-state index contributed by atoms with van der Waals surface area (Å²) in [4.78, 5) is 0. The summed E-state index contributed by atoms with van der Waals surface area (Å²) in [5.74, 6) is 2.17. The van der Waals surface area contributed by atoms with Crippen molar-refractivity contribution in [3.63, 3.8) is 0 Å². The van der Waals surface area contributed by atoms with Crippen LogP contribution in [0.5, 0.6) is 17.2 Å². The summed E-state index contributed by atoms with van der Waals surface area (Å²) in [5, 5.41) is 0.586. The Morgan fingerprint density at radius 1 is 0.762 bits per heavy atom. The molecule has 2 aromatic carbocycles. The molecular weight excluding hydrogens is 288 g/mol. The maximum Gasteiger partial charge on any atom is 0.137 e. The predicted molar refractivity (Wildman–Crippen MR) is 86.5 cm³/mol. The van der Waals surface area contributed by atoms with Crippen LogP contribution in [0.1, 0.15) is 11.1 Å². The molecule has 110 valence electrons. The molecule has 0 aliphatic rings. The highest BCUT2D eigenvalue weighted by Crippen LogP contribution is 2.27. The zero-order chi connectivity index (χ0) is 15.2. The van der Waals surface area contributed by atoms with Crippen LogP contribution in [-0.4, -0.2) is 21.3 Å². The lowest BCUT2D eigenvalue weighted by Gasteiger charge is -2.06. The van der Waals surface area contributed by atoms with Crippen LogP contribution in [-0.2, 0) is 0 Å². The molecule has 0 spiro atoms. The van der Waals surface area contributed by atoms with Crippen molar-refractivity contribution in [2.45, 2.75) is 0 Å². The van der Waals surface area contributed by atoms with Crippen LogP contribution >= 0.6 is 11.6 Å². The molecule has 0 saturated carbocycles. The summed E-state index contributed by atoms with van der Waals surface area (Å²) in [6.07, 6.45) is 3.95. The Bertz CT molecular complexity index is 628. The molecule has 2 rings (SSSR count). The second-order valence-electron chi connectivity index (χ2n) is 4.37. The molecule has 0 heterocycles. The Morgan fingerprint density at radius 2 is 1.38 bits per heavy atom. The molecule has 4 heteroatoms. The van der Waals surface area contributed by atoms with Crippen LogP contribution < -0.4 is 14.2 Å². The molecular formula is C17H17ClO3. The summed E-state index contributed by atoms with van der Waals surface area (Å²) in [5.41, 5.74) is 1.97. The van der Waals surface area contributed by atoms with E-state index in [1.165, 1.54) is 0 Å². The minimum atomic E-state index is 0.586. The second-order valence-corrected chi connectivity index (χ2v) is 4.78. The van der Waals surface area contributed by atoms with E-state index in [-0.39, 0.29) is 0 Å². The van der Waals surface area contributed by atoms with E-state index in [4.69, 9.17) is 25.8 Å². The van der Waals surface area contributed by atoms with Crippen molar-refractivity contribution in [3.8, 4) is 17.2 Å². The third-order valence-corrected chi connectivity index (χ3v) is 3.31. The molecule has 0 radical (unpaired) electrons. The standard InChI is InChI=1S/C17H17ClO3/c1-19-14-8-13(9-15(11-14)20-2)5-4-12-6-7-17(21-3)16(18)10-12/h4-11H,1-3H3. The van der Waals surface area contributed by atoms with Crippen molar-refractivity contribution >= 4 is 23.8 Å². The zero-order valence-corrected chi connectivity index (χ0v) is 13.0. The average molecular weight is 305 g/mol. The van der Waals surface area contributed by atoms with Crippen LogP contribution in [0.2, 0.25) is 5.02 Å². The first-order valence-corrected chi connectivity index (χ1v) is 6.78. The Balaban J connectivity index is 2.26. The Labute approximate surface area is 129 Å². The highest BCUT2D eigenvalue weighted by molar-refractivity contribution is 6.32. The number of rotatable bonds is 5. The van der Waals surface area contributed by atoms with Crippen LogP contribution in [0.15, 0.2) is 36.4 Å². The van der Waals surface area contributed by atoms with Crippen LogP contribution in [0.25, 0.3) is 12.2 Å². The van der Waals surface area contributed by atoms with E-state index in [1.807, 2.05) is 48.6 Å². The van der Waals surface area contributed by atoms with Crippen LogP contribution in [0.3, 0.4) is 0 Å². The molecule has 2 aromatic rings. The minimum absolute atomic E-state index is 0.586. The van der Waals surface area contributed by atoms with Crippen molar-refractivity contribution in [2.24, 2.45) is 0 Å². The highest BCUT2D eigenvalue weighted by Gasteiger charge is 2.01. The molecule has 0 aliphatic carbocycles. The summed E-state index contributed by atoms with van der Waals surface area (Å²) in [7, 11) is 4.86. The maximum atomic E-state index is 6.11. The van der Waals surface area contributed by atoms with Gasteiger partial charge in [-0.2, -0.15) is 0 Å². The summed E-state index contributed by atoms with van der Waals surface area (Å²) in [6.45, 7) is 0. The van der Waals surface area contributed by atoms with Gasteiger partial charge in [0.05, 0.1) is 26.4 Å². The van der Waals surface area contributed by atoms with Crippen molar-refractivity contribution in [2.75, 3.05) is 21.3 Å². The van der Waals surface area contributed by atoms with Gasteiger partial charge in [0.2, 0.25) is 0 Å². The van der Waals surface area contributed by atoms with Crippen LogP contribution in [0.4, 0.5) is 0 Å². The maximum absolute atomic E-state index is 6.11. The van der Waals surface area contributed by atoms with Crippen molar-refractivity contribution in [1.82, 2.24) is 0 Å². The largest absolute Gasteiger partial charge is 0.497 e. The molecule has 0 N–H and O–H groups in total. The zero-order valence-electron chi connectivity index (χ0n) is 12.2. The van der Waals surface area contributed by atoms with Gasteiger partial charge in [0.15, 0.2) is 0 Å². The lowest BCUT2D eigenvalue weighted by molar-refractivity contribution is 0.394. The molecule has 0 aromatic heterocycles. The molecule has 3 nitrogen and oxygen atoms in total. The lowest BCUT2D eigenvalue weighted by atomic mass is 10.1. The van der Waals surface area contributed by atoms with Gasteiger partial charge in [0.1, 0.15) is 17.2 Å². The highest BCUT2D eigenvalue weighted by atomic mass is 35.5. The molecule has 0 amide bonds. The average Bonchev–Trinajstić information content (AvgIpc) is 2.52. The van der Waals surface area contributed by atoms with Crippen molar-refractivity contribution in [1.29, 1.82) is 0 Å². The van der Waals surface area contributed by atoms with E-state index in [0.717, 1.165) is 22.6 Å². The fraction of sp³-hybridized carbons (Fsp3) is 0.176. The van der Waals surface area contributed by atoms with Crippen molar-refractivity contribution in [3.05, 3.63) is 52.5 Å². The lowest BCUT2D eigenvalue weighted by Crippen LogP contribution is -1.88.